The molecule has 0 spiro atoms. The highest BCUT2D eigenvalue weighted by molar-refractivity contribution is 5.19. The zero-order valence-corrected chi connectivity index (χ0v) is 9.31. The van der Waals surface area contributed by atoms with Crippen LogP contribution in [0.15, 0.2) is 12.1 Å². The fraction of sp³-hybridized carbons (Fsp3) is 0.500. The number of halogens is 3. The zero-order chi connectivity index (χ0) is 12.3. The number of nitrogens with one attached hydrogen (secondary N) is 1. The van der Waals surface area contributed by atoms with E-state index in [2.05, 4.69) is 5.32 Å². The molecule has 1 saturated heterocycles. The third kappa shape index (κ3) is 2.98. The van der Waals surface area contributed by atoms with Gasteiger partial charge in [-0.1, -0.05) is 6.07 Å². The molecule has 1 aromatic rings. The maximum Gasteiger partial charge on any atom is 0.194 e. The summed E-state index contributed by atoms with van der Waals surface area (Å²) >= 11 is 0. The third-order valence-corrected chi connectivity index (χ3v) is 2.88. The maximum atomic E-state index is 13.3. The molecule has 0 aliphatic carbocycles. The standard InChI is InChI=1S/C12H14F3NO/c13-10-2-1-8(11(14)12(10)15)7-17-9-3-5-16-6-4-9/h1-2,9,16H,3-7H2. The van der Waals surface area contributed by atoms with Crippen molar-refractivity contribution in [3.8, 4) is 0 Å². The lowest BCUT2D eigenvalue weighted by Gasteiger charge is -2.23. The Balaban J connectivity index is 1.96. The van der Waals surface area contributed by atoms with Crippen LogP contribution in [-0.4, -0.2) is 19.2 Å². The van der Waals surface area contributed by atoms with Crippen molar-refractivity contribution in [3.05, 3.63) is 35.1 Å². The van der Waals surface area contributed by atoms with Gasteiger partial charge in [-0.15, -0.1) is 0 Å². The largest absolute Gasteiger partial charge is 0.373 e. The molecule has 0 amide bonds. The van der Waals surface area contributed by atoms with Gasteiger partial charge in [-0.05, 0) is 32.0 Å². The first-order chi connectivity index (χ1) is 8.18. The molecule has 1 aliphatic rings. The quantitative estimate of drug-likeness (QED) is 0.825. The van der Waals surface area contributed by atoms with Crippen LogP contribution >= 0.6 is 0 Å². The van der Waals surface area contributed by atoms with Crippen LogP contribution in [0.5, 0.6) is 0 Å². The SMILES string of the molecule is Fc1ccc(COC2CCNCC2)c(F)c1F. The molecular weight excluding hydrogens is 231 g/mol. The average Bonchev–Trinajstić information content (AvgIpc) is 2.36. The molecule has 1 aliphatic heterocycles. The van der Waals surface area contributed by atoms with Gasteiger partial charge >= 0.3 is 0 Å². The zero-order valence-electron chi connectivity index (χ0n) is 9.31. The molecule has 0 unspecified atom stereocenters. The van der Waals surface area contributed by atoms with E-state index in [1.807, 2.05) is 0 Å². The molecule has 2 nitrogen and oxygen atoms in total. The van der Waals surface area contributed by atoms with Crippen LogP contribution in [0, 0.1) is 17.5 Å². The molecule has 94 valence electrons. The van der Waals surface area contributed by atoms with Gasteiger partial charge in [-0.3, -0.25) is 0 Å². The molecule has 1 fully saturated rings. The lowest BCUT2D eigenvalue weighted by atomic mass is 10.1. The minimum atomic E-state index is -1.43. The summed E-state index contributed by atoms with van der Waals surface area (Å²) in [5, 5.41) is 3.18. The molecular formula is C12H14F3NO. The smallest absolute Gasteiger partial charge is 0.194 e. The molecule has 1 N–H and O–H groups in total. The highest BCUT2D eigenvalue weighted by Crippen LogP contribution is 2.17. The molecule has 0 bridgehead atoms. The number of piperidine rings is 1. The van der Waals surface area contributed by atoms with Crippen molar-refractivity contribution in [1.29, 1.82) is 0 Å². The third-order valence-electron chi connectivity index (χ3n) is 2.88. The Labute approximate surface area is 97.8 Å². The van der Waals surface area contributed by atoms with Crippen molar-refractivity contribution in [2.45, 2.75) is 25.6 Å². The van der Waals surface area contributed by atoms with E-state index >= 15 is 0 Å². The lowest BCUT2D eigenvalue weighted by molar-refractivity contribution is 0.0196. The Morgan fingerprint density at radius 2 is 1.82 bits per heavy atom. The number of benzene rings is 1. The summed E-state index contributed by atoms with van der Waals surface area (Å²) in [6.07, 6.45) is 1.76. The number of hydrogen-bond acceptors (Lipinski definition) is 2. The van der Waals surface area contributed by atoms with Gasteiger partial charge in [-0.25, -0.2) is 13.2 Å². The maximum absolute atomic E-state index is 13.3. The molecule has 0 atom stereocenters. The van der Waals surface area contributed by atoms with Crippen LogP contribution in [-0.2, 0) is 11.3 Å². The number of ether oxygens (including phenoxy) is 1. The van der Waals surface area contributed by atoms with Crippen molar-refractivity contribution >= 4 is 0 Å². The predicted octanol–water partition coefficient (Wildman–Crippen LogP) is 2.37. The van der Waals surface area contributed by atoms with Gasteiger partial charge in [0.25, 0.3) is 0 Å². The van der Waals surface area contributed by atoms with Gasteiger partial charge in [-0.2, -0.15) is 0 Å². The van der Waals surface area contributed by atoms with Crippen LogP contribution in [0.3, 0.4) is 0 Å². The summed E-state index contributed by atoms with van der Waals surface area (Å²) in [6, 6.07) is 2.13. The number of hydrogen-bond donors (Lipinski definition) is 1. The first-order valence-corrected chi connectivity index (χ1v) is 5.63. The fourth-order valence-electron chi connectivity index (χ4n) is 1.85. The summed E-state index contributed by atoms with van der Waals surface area (Å²) in [4.78, 5) is 0. The Morgan fingerprint density at radius 3 is 2.53 bits per heavy atom. The van der Waals surface area contributed by atoms with Gasteiger partial charge in [0.05, 0.1) is 12.7 Å². The minimum Gasteiger partial charge on any atom is -0.373 e. The van der Waals surface area contributed by atoms with E-state index in [1.54, 1.807) is 0 Å². The second-order valence-corrected chi connectivity index (χ2v) is 4.09. The van der Waals surface area contributed by atoms with Crippen molar-refractivity contribution in [2.24, 2.45) is 0 Å². The van der Waals surface area contributed by atoms with Crippen LogP contribution in [0.2, 0.25) is 0 Å². The normalized spacial score (nSPS) is 17.4. The molecule has 0 aromatic heterocycles. The second-order valence-electron chi connectivity index (χ2n) is 4.09. The van der Waals surface area contributed by atoms with E-state index in [0.717, 1.165) is 32.0 Å². The topological polar surface area (TPSA) is 21.3 Å². The highest BCUT2D eigenvalue weighted by Gasteiger charge is 2.17. The fourth-order valence-corrected chi connectivity index (χ4v) is 1.85. The predicted molar refractivity (Wildman–Crippen MR) is 57.0 cm³/mol. The first-order valence-electron chi connectivity index (χ1n) is 5.63. The molecule has 0 saturated carbocycles. The van der Waals surface area contributed by atoms with Crippen LogP contribution in [0.4, 0.5) is 13.2 Å². The Morgan fingerprint density at radius 1 is 1.12 bits per heavy atom. The highest BCUT2D eigenvalue weighted by atomic mass is 19.2. The Bertz CT molecular complexity index is 392. The molecule has 2 rings (SSSR count). The van der Waals surface area contributed by atoms with E-state index in [1.165, 1.54) is 6.07 Å². The van der Waals surface area contributed by atoms with E-state index in [4.69, 9.17) is 4.74 Å². The van der Waals surface area contributed by atoms with Gasteiger partial charge in [0, 0.05) is 5.56 Å². The van der Waals surface area contributed by atoms with E-state index < -0.39 is 17.5 Å². The summed E-state index contributed by atoms with van der Waals surface area (Å²) in [6.45, 7) is 1.71. The lowest BCUT2D eigenvalue weighted by Crippen LogP contribution is -2.32. The minimum absolute atomic E-state index is 0.0201. The number of rotatable bonds is 3. The second kappa shape index (κ2) is 5.51. The van der Waals surface area contributed by atoms with Crippen LogP contribution < -0.4 is 5.32 Å². The Hall–Kier alpha value is -1.07. The average molecular weight is 245 g/mol. The summed E-state index contributed by atoms with van der Waals surface area (Å²) in [7, 11) is 0. The van der Waals surface area contributed by atoms with Gasteiger partial charge in [0.1, 0.15) is 0 Å². The molecule has 1 aromatic carbocycles. The van der Waals surface area contributed by atoms with Gasteiger partial charge in [0.2, 0.25) is 0 Å². The summed E-state index contributed by atoms with van der Waals surface area (Å²) < 4.78 is 44.4. The van der Waals surface area contributed by atoms with Crippen molar-refractivity contribution in [1.82, 2.24) is 5.32 Å². The molecule has 0 radical (unpaired) electrons. The monoisotopic (exact) mass is 245 g/mol. The van der Waals surface area contributed by atoms with Gasteiger partial charge in [0.15, 0.2) is 17.5 Å². The molecule has 5 heteroatoms. The van der Waals surface area contributed by atoms with Crippen LogP contribution in [0.25, 0.3) is 0 Å². The Kier molecular flexibility index (Phi) is 4.02. The molecule has 17 heavy (non-hydrogen) atoms. The molecule has 1 heterocycles. The summed E-state index contributed by atoms with van der Waals surface area (Å²) in [5.41, 5.74) is 0.0578. The van der Waals surface area contributed by atoms with Crippen molar-refractivity contribution in [2.75, 3.05) is 13.1 Å². The van der Waals surface area contributed by atoms with Crippen LogP contribution in [0.1, 0.15) is 18.4 Å². The van der Waals surface area contributed by atoms with Crippen molar-refractivity contribution < 1.29 is 17.9 Å². The van der Waals surface area contributed by atoms with Gasteiger partial charge < -0.3 is 10.1 Å². The van der Waals surface area contributed by atoms with E-state index in [0.29, 0.717) is 0 Å². The van der Waals surface area contributed by atoms with E-state index in [9.17, 15) is 13.2 Å². The van der Waals surface area contributed by atoms with Crippen molar-refractivity contribution in [3.63, 3.8) is 0 Å². The van der Waals surface area contributed by atoms with E-state index in [-0.39, 0.29) is 18.3 Å². The summed E-state index contributed by atoms with van der Waals surface area (Å²) in [5.74, 6) is -3.76. The first kappa shape index (κ1) is 12.4.